The van der Waals surface area contributed by atoms with Crippen LogP contribution in [0.2, 0.25) is 0 Å². The fourth-order valence-electron chi connectivity index (χ4n) is 11.8. The normalized spacial score (nSPS) is 14.2. The number of hydrogen-bond donors (Lipinski definition) is 3. The number of phosphoric ester groups is 2. The lowest BCUT2D eigenvalue weighted by atomic mass is 9.99. The fourth-order valence-corrected chi connectivity index (χ4v) is 13.4. The average Bonchev–Trinajstić information content (AvgIpc) is 2.07. The van der Waals surface area contributed by atoms with Gasteiger partial charge in [-0.15, -0.1) is 0 Å². The van der Waals surface area contributed by atoms with Gasteiger partial charge in [-0.25, -0.2) is 9.13 Å². The summed E-state index contributed by atoms with van der Waals surface area (Å²) in [5.41, 5.74) is 0. The standard InChI is InChI=1S/C77H150O17P2/c1-6-10-13-16-19-22-23-24-25-26-27-28-29-30-35-38-43-48-53-58-63-77(82)94-73(67-88-75(80)61-56-51-46-42-37-34-32-31-33-36-41-44-49-54-59-70(5)9-4)69-92-96(85,86)90-65-71(78)64-89-95(83,84)91-68-72(93-76(81)62-57-52-47-40-21-18-15-12-8-3)66-87-74(79)60-55-50-45-39-20-17-14-11-7-2/h70-73,78H,6-69H2,1-5H3,(H,83,84)(H,85,86)/t70?,71-,72+,73+/m0/s1. The number of aliphatic hydroxyl groups is 1. The van der Waals surface area contributed by atoms with Gasteiger partial charge in [-0.3, -0.25) is 37.3 Å². The van der Waals surface area contributed by atoms with Crippen molar-refractivity contribution in [2.45, 2.75) is 425 Å². The van der Waals surface area contributed by atoms with Crippen molar-refractivity contribution in [2.24, 2.45) is 5.92 Å². The van der Waals surface area contributed by atoms with Gasteiger partial charge >= 0.3 is 39.5 Å². The summed E-state index contributed by atoms with van der Waals surface area (Å²) in [5, 5.41) is 10.6. The molecule has 0 radical (unpaired) electrons. The molecule has 0 rings (SSSR count). The molecule has 0 saturated carbocycles. The second-order valence-corrected chi connectivity index (χ2v) is 30.9. The molecular formula is C77H150O17P2. The van der Waals surface area contributed by atoms with Crippen LogP contribution in [0.25, 0.3) is 0 Å². The van der Waals surface area contributed by atoms with E-state index in [1.807, 2.05) is 0 Å². The summed E-state index contributed by atoms with van der Waals surface area (Å²) in [7, 11) is -9.90. The van der Waals surface area contributed by atoms with Gasteiger partial charge in [0.1, 0.15) is 19.3 Å². The Balaban J connectivity index is 5.17. The van der Waals surface area contributed by atoms with Gasteiger partial charge in [0.15, 0.2) is 12.2 Å². The van der Waals surface area contributed by atoms with E-state index in [9.17, 15) is 43.2 Å². The molecule has 0 amide bonds. The number of ether oxygens (including phenoxy) is 4. The van der Waals surface area contributed by atoms with Crippen LogP contribution in [0.4, 0.5) is 0 Å². The third kappa shape index (κ3) is 69.2. The summed E-state index contributed by atoms with van der Waals surface area (Å²) >= 11 is 0. The van der Waals surface area contributed by atoms with Crippen LogP contribution in [0, 0.1) is 5.92 Å². The van der Waals surface area contributed by atoms with E-state index in [1.54, 1.807) is 0 Å². The van der Waals surface area contributed by atoms with E-state index in [4.69, 9.17) is 37.0 Å². The molecule has 0 aromatic carbocycles. The van der Waals surface area contributed by atoms with Gasteiger partial charge in [0.2, 0.25) is 0 Å². The van der Waals surface area contributed by atoms with Crippen LogP contribution in [0.3, 0.4) is 0 Å². The zero-order valence-corrected chi connectivity index (χ0v) is 64.3. The molecule has 0 fully saturated rings. The van der Waals surface area contributed by atoms with E-state index < -0.39 is 97.5 Å². The molecule has 17 nitrogen and oxygen atoms in total. The summed E-state index contributed by atoms with van der Waals surface area (Å²) < 4.78 is 68.4. The quantitative estimate of drug-likeness (QED) is 0.0222. The highest BCUT2D eigenvalue weighted by atomic mass is 31.2. The van der Waals surface area contributed by atoms with Gasteiger partial charge in [-0.05, 0) is 31.6 Å². The molecule has 0 spiro atoms. The van der Waals surface area contributed by atoms with Crippen molar-refractivity contribution < 1.29 is 80.2 Å². The van der Waals surface area contributed by atoms with Crippen molar-refractivity contribution in [1.82, 2.24) is 0 Å². The lowest BCUT2D eigenvalue weighted by molar-refractivity contribution is -0.161. The Kier molecular flexibility index (Phi) is 68.7. The predicted molar refractivity (Wildman–Crippen MR) is 391 cm³/mol. The number of phosphoric acid groups is 2. The molecule has 6 atom stereocenters. The Morgan fingerprint density at radius 2 is 0.500 bits per heavy atom. The van der Waals surface area contributed by atoms with Gasteiger partial charge in [0.05, 0.1) is 26.4 Å². The average molecular weight is 1410 g/mol. The minimum Gasteiger partial charge on any atom is -0.462 e. The van der Waals surface area contributed by atoms with Crippen molar-refractivity contribution >= 4 is 39.5 Å². The third-order valence-electron chi connectivity index (χ3n) is 18.4. The van der Waals surface area contributed by atoms with Gasteiger partial charge in [-0.1, -0.05) is 356 Å². The minimum atomic E-state index is -4.96. The van der Waals surface area contributed by atoms with Crippen LogP contribution in [0.15, 0.2) is 0 Å². The van der Waals surface area contributed by atoms with E-state index >= 15 is 0 Å². The van der Waals surface area contributed by atoms with Gasteiger partial charge in [0.25, 0.3) is 0 Å². The number of aliphatic hydroxyl groups excluding tert-OH is 1. The second kappa shape index (κ2) is 70.1. The number of unbranched alkanes of at least 4 members (excludes halogenated alkanes) is 48. The van der Waals surface area contributed by atoms with Crippen LogP contribution < -0.4 is 0 Å². The SMILES string of the molecule is CCCCCCCCCCCCCCCCCCCCCCC(=O)O[C@H](COC(=O)CCCCCCCCCCCCCCCCC(C)CC)COP(=O)(O)OC[C@@H](O)COP(=O)(O)OC[C@@H](COC(=O)CCCCCCCCCCC)OC(=O)CCCCCCCCCCC. The largest absolute Gasteiger partial charge is 0.472 e. The zero-order valence-electron chi connectivity index (χ0n) is 62.5. The lowest BCUT2D eigenvalue weighted by Crippen LogP contribution is -2.30. The van der Waals surface area contributed by atoms with Crippen LogP contribution in [-0.4, -0.2) is 96.7 Å². The molecule has 0 aliphatic carbocycles. The van der Waals surface area contributed by atoms with E-state index in [0.717, 1.165) is 95.8 Å². The maximum atomic E-state index is 13.1. The molecule has 0 aliphatic rings. The topological polar surface area (TPSA) is 237 Å². The fraction of sp³-hybridized carbons (Fsp3) is 0.948. The maximum absolute atomic E-state index is 13.1. The van der Waals surface area contributed by atoms with E-state index in [2.05, 4.69) is 34.6 Å². The molecular weight excluding hydrogens is 1260 g/mol. The van der Waals surface area contributed by atoms with E-state index in [0.29, 0.717) is 25.7 Å². The Labute approximate surface area is 588 Å². The smallest absolute Gasteiger partial charge is 0.462 e. The molecule has 0 heterocycles. The van der Waals surface area contributed by atoms with Gasteiger partial charge < -0.3 is 33.8 Å². The molecule has 3 N–H and O–H groups in total. The summed E-state index contributed by atoms with van der Waals surface area (Å²) in [4.78, 5) is 72.7. The molecule has 0 aliphatic heterocycles. The first-order chi connectivity index (χ1) is 46.6. The minimum absolute atomic E-state index is 0.106. The van der Waals surface area contributed by atoms with Crippen molar-refractivity contribution in [3.8, 4) is 0 Å². The van der Waals surface area contributed by atoms with Crippen molar-refractivity contribution in [2.75, 3.05) is 39.6 Å². The highest BCUT2D eigenvalue weighted by Crippen LogP contribution is 2.45. The Bertz CT molecular complexity index is 1840. The Hall–Kier alpha value is -1.94. The third-order valence-corrected chi connectivity index (χ3v) is 20.3. The maximum Gasteiger partial charge on any atom is 0.472 e. The van der Waals surface area contributed by atoms with E-state index in [1.165, 1.54) is 231 Å². The van der Waals surface area contributed by atoms with Crippen LogP contribution in [0.5, 0.6) is 0 Å². The number of hydrogen-bond acceptors (Lipinski definition) is 15. The molecule has 570 valence electrons. The monoisotopic (exact) mass is 1410 g/mol. The van der Waals surface area contributed by atoms with Crippen molar-refractivity contribution in [1.29, 1.82) is 0 Å². The summed E-state index contributed by atoms with van der Waals surface area (Å²) in [6.07, 6.45) is 59.7. The second-order valence-electron chi connectivity index (χ2n) is 28.0. The molecule has 0 aromatic heterocycles. The molecule has 0 aromatic rings. The first kappa shape index (κ1) is 94.1. The van der Waals surface area contributed by atoms with Crippen LogP contribution in [-0.2, 0) is 65.4 Å². The highest BCUT2D eigenvalue weighted by molar-refractivity contribution is 7.47. The van der Waals surface area contributed by atoms with Crippen molar-refractivity contribution in [3.63, 3.8) is 0 Å². The number of carbonyl (C=O) groups is 4. The molecule has 0 saturated heterocycles. The number of carbonyl (C=O) groups excluding carboxylic acids is 4. The zero-order chi connectivity index (χ0) is 70.5. The Morgan fingerprint density at radius 3 is 0.740 bits per heavy atom. The number of esters is 4. The number of rotatable bonds is 77. The summed E-state index contributed by atoms with van der Waals surface area (Å²) in [6.45, 7) is 7.32. The summed E-state index contributed by atoms with van der Waals surface area (Å²) in [6, 6.07) is 0. The molecule has 19 heteroatoms. The van der Waals surface area contributed by atoms with Crippen molar-refractivity contribution in [3.05, 3.63) is 0 Å². The first-order valence-corrected chi connectivity index (χ1v) is 43.2. The highest BCUT2D eigenvalue weighted by Gasteiger charge is 2.30. The van der Waals surface area contributed by atoms with E-state index in [-0.39, 0.29) is 25.7 Å². The molecule has 0 bridgehead atoms. The predicted octanol–water partition coefficient (Wildman–Crippen LogP) is 22.9. The first-order valence-electron chi connectivity index (χ1n) is 40.2. The lowest BCUT2D eigenvalue weighted by Gasteiger charge is -2.21. The van der Waals surface area contributed by atoms with Gasteiger partial charge in [0, 0.05) is 25.7 Å². The Morgan fingerprint density at radius 1 is 0.292 bits per heavy atom. The molecule has 3 unspecified atom stereocenters. The van der Waals surface area contributed by atoms with Gasteiger partial charge in [-0.2, -0.15) is 0 Å². The van der Waals surface area contributed by atoms with Crippen LogP contribution in [0.1, 0.15) is 407 Å². The molecule has 96 heavy (non-hydrogen) atoms. The summed E-state index contributed by atoms with van der Waals surface area (Å²) in [5.74, 6) is -1.27. The van der Waals surface area contributed by atoms with Crippen LogP contribution >= 0.6 is 15.6 Å².